The Morgan fingerprint density at radius 3 is 0.611 bits per heavy atom. The van der Waals surface area contributed by atoms with Crippen molar-refractivity contribution in [3.8, 4) is 0 Å². The monoisotopic (exact) mass is 238 g/mol. The molecule has 0 amide bonds. The van der Waals surface area contributed by atoms with E-state index in [9.17, 15) is 0 Å². The number of hydrogen-bond donors (Lipinski definition) is 0. The Hall–Kier alpha value is -2.08. The maximum absolute atomic E-state index is 2.00. The van der Waals surface area contributed by atoms with Crippen molar-refractivity contribution in [1.82, 2.24) is 0 Å². The molecule has 94 valence electrons. The van der Waals surface area contributed by atoms with Crippen LogP contribution < -0.4 is 0 Å². The highest BCUT2D eigenvalue weighted by atomic mass is 13.7. The highest BCUT2D eigenvalue weighted by molar-refractivity contribution is 5.21. The number of rotatable bonds is 7. The summed E-state index contributed by atoms with van der Waals surface area (Å²) in [7, 11) is 0. The second kappa shape index (κ2) is 14.9. The van der Waals surface area contributed by atoms with E-state index < -0.39 is 0 Å². The van der Waals surface area contributed by atoms with Crippen LogP contribution in [0.25, 0.3) is 0 Å². The molecule has 0 aromatic rings. The normalized spacial score (nSPS) is 14.6. The third-order valence-electron chi connectivity index (χ3n) is 1.83. The van der Waals surface area contributed by atoms with E-state index in [-0.39, 0.29) is 0 Å². The van der Waals surface area contributed by atoms with Gasteiger partial charge in [0, 0.05) is 0 Å². The molecule has 0 heteroatoms. The molecule has 0 saturated carbocycles. The van der Waals surface area contributed by atoms with E-state index >= 15 is 0 Å². The van der Waals surface area contributed by atoms with Gasteiger partial charge >= 0.3 is 0 Å². The Labute approximate surface area is 111 Å². The van der Waals surface area contributed by atoms with Crippen LogP contribution in [0.15, 0.2) is 97.2 Å². The Kier molecular flexibility index (Phi) is 13.2. The fourth-order valence-corrected chi connectivity index (χ4v) is 0.992. The van der Waals surface area contributed by atoms with E-state index in [0.29, 0.717) is 0 Å². The maximum atomic E-state index is 2.00. The topological polar surface area (TPSA) is 0 Å². The van der Waals surface area contributed by atoms with Crippen LogP contribution in [0, 0.1) is 0 Å². The molecule has 0 fully saturated rings. The van der Waals surface area contributed by atoms with Crippen LogP contribution in [-0.4, -0.2) is 0 Å². The van der Waals surface area contributed by atoms with Crippen molar-refractivity contribution in [1.29, 1.82) is 0 Å². The number of allylic oxidation sites excluding steroid dienone is 16. The molecule has 0 nitrogen and oxygen atoms in total. The van der Waals surface area contributed by atoms with E-state index in [1.807, 2.05) is 111 Å². The molecule has 0 bridgehead atoms. The Morgan fingerprint density at radius 2 is 0.444 bits per heavy atom. The van der Waals surface area contributed by atoms with Crippen molar-refractivity contribution >= 4 is 0 Å². The first-order valence-electron chi connectivity index (χ1n) is 6.15. The lowest BCUT2D eigenvalue weighted by atomic mass is 10.3. The van der Waals surface area contributed by atoms with Crippen molar-refractivity contribution in [3.05, 3.63) is 97.2 Å². The molecule has 0 aliphatic carbocycles. The van der Waals surface area contributed by atoms with Crippen LogP contribution in [-0.2, 0) is 0 Å². The highest BCUT2D eigenvalue weighted by Gasteiger charge is 1.63. The lowest BCUT2D eigenvalue weighted by Crippen LogP contribution is -1.53. The van der Waals surface area contributed by atoms with Gasteiger partial charge in [0.15, 0.2) is 0 Å². The third kappa shape index (κ3) is 13.9. The summed E-state index contributed by atoms with van der Waals surface area (Å²) in [6.45, 7) is 4.00. The van der Waals surface area contributed by atoms with Crippen molar-refractivity contribution in [2.45, 2.75) is 13.8 Å². The summed E-state index contributed by atoms with van der Waals surface area (Å²) >= 11 is 0. The van der Waals surface area contributed by atoms with Gasteiger partial charge in [-0.05, 0) is 13.8 Å². The molecule has 0 aromatic carbocycles. The van der Waals surface area contributed by atoms with Gasteiger partial charge in [0.25, 0.3) is 0 Å². The summed E-state index contributed by atoms with van der Waals surface area (Å²) < 4.78 is 0. The molecule has 0 rings (SSSR count). The Bertz CT molecular complexity index is 354. The summed E-state index contributed by atoms with van der Waals surface area (Å²) in [5, 5.41) is 0. The minimum atomic E-state index is 2.00. The summed E-state index contributed by atoms with van der Waals surface area (Å²) in [5.74, 6) is 0. The fraction of sp³-hybridized carbons (Fsp3) is 0.111. The van der Waals surface area contributed by atoms with Gasteiger partial charge in [-0.2, -0.15) is 0 Å². The van der Waals surface area contributed by atoms with E-state index in [4.69, 9.17) is 0 Å². The number of hydrogen-bond acceptors (Lipinski definition) is 0. The fourth-order valence-electron chi connectivity index (χ4n) is 0.992. The van der Waals surface area contributed by atoms with E-state index in [1.54, 1.807) is 0 Å². The first-order chi connectivity index (χ1) is 8.91. The summed E-state index contributed by atoms with van der Waals surface area (Å²) in [4.78, 5) is 0. The van der Waals surface area contributed by atoms with Crippen LogP contribution in [0.3, 0.4) is 0 Å². The molecule has 0 spiro atoms. The molecule has 0 aromatic heterocycles. The average molecular weight is 238 g/mol. The molecule has 0 atom stereocenters. The van der Waals surface area contributed by atoms with E-state index in [1.165, 1.54) is 0 Å². The van der Waals surface area contributed by atoms with E-state index in [2.05, 4.69) is 0 Å². The molecule has 0 aliphatic rings. The molecule has 0 saturated heterocycles. The predicted molar refractivity (Wildman–Crippen MR) is 84.5 cm³/mol. The zero-order chi connectivity index (χ0) is 13.3. The quantitative estimate of drug-likeness (QED) is 0.515. The van der Waals surface area contributed by atoms with Crippen LogP contribution in [0.2, 0.25) is 0 Å². The van der Waals surface area contributed by atoms with Gasteiger partial charge in [-0.3, -0.25) is 0 Å². The van der Waals surface area contributed by atoms with Gasteiger partial charge in [-0.15, -0.1) is 0 Å². The predicted octanol–water partition coefficient (Wildman–Crippen LogP) is 5.48. The first-order valence-corrected chi connectivity index (χ1v) is 6.15. The zero-order valence-electron chi connectivity index (χ0n) is 11.2. The van der Waals surface area contributed by atoms with Crippen molar-refractivity contribution < 1.29 is 0 Å². The summed E-state index contributed by atoms with van der Waals surface area (Å²) in [6.07, 6.45) is 32.0. The average Bonchev–Trinajstić information content (AvgIpc) is 2.39. The lowest BCUT2D eigenvalue weighted by Gasteiger charge is -1.75. The van der Waals surface area contributed by atoms with Gasteiger partial charge in [0.05, 0.1) is 0 Å². The second-order valence-corrected chi connectivity index (χ2v) is 3.36. The van der Waals surface area contributed by atoms with Crippen molar-refractivity contribution in [2.75, 3.05) is 0 Å². The first kappa shape index (κ1) is 15.9. The van der Waals surface area contributed by atoms with Crippen molar-refractivity contribution in [3.63, 3.8) is 0 Å². The highest BCUT2D eigenvalue weighted by Crippen LogP contribution is 1.85. The molecule has 0 heterocycles. The molecule has 0 unspecified atom stereocenters. The van der Waals surface area contributed by atoms with Crippen LogP contribution in [0.4, 0.5) is 0 Å². The lowest BCUT2D eigenvalue weighted by molar-refractivity contribution is 1.73. The summed E-state index contributed by atoms with van der Waals surface area (Å²) in [5.41, 5.74) is 0. The molecule has 0 radical (unpaired) electrons. The Balaban J connectivity index is 3.81. The molecular weight excluding hydrogens is 216 g/mol. The minimum absolute atomic E-state index is 2.00. The molecule has 18 heavy (non-hydrogen) atoms. The van der Waals surface area contributed by atoms with Gasteiger partial charge in [0.2, 0.25) is 0 Å². The molecular formula is C18H22. The summed E-state index contributed by atoms with van der Waals surface area (Å²) in [6, 6.07) is 0. The van der Waals surface area contributed by atoms with Crippen molar-refractivity contribution in [2.24, 2.45) is 0 Å². The largest absolute Gasteiger partial charge is 0.0877 e. The maximum Gasteiger partial charge on any atom is -0.0467 e. The smallest absolute Gasteiger partial charge is 0.0467 e. The van der Waals surface area contributed by atoms with Gasteiger partial charge in [-0.25, -0.2) is 0 Å². The Morgan fingerprint density at radius 1 is 0.278 bits per heavy atom. The van der Waals surface area contributed by atoms with Gasteiger partial charge in [-0.1, -0.05) is 97.2 Å². The molecule has 0 aliphatic heterocycles. The van der Waals surface area contributed by atoms with Crippen LogP contribution >= 0.6 is 0 Å². The SMILES string of the molecule is CC=CC=CC=CC=CC=CC=CC=CC=CC. The van der Waals surface area contributed by atoms with Gasteiger partial charge in [0.1, 0.15) is 0 Å². The van der Waals surface area contributed by atoms with Crippen LogP contribution in [0.5, 0.6) is 0 Å². The zero-order valence-corrected chi connectivity index (χ0v) is 11.2. The standard InChI is InChI=1S/C18H22/c1-3-5-7-9-11-13-15-17-18-16-14-12-10-8-6-4-2/h3-18H,1-2H3. The second-order valence-electron chi connectivity index (χ2n) is 3.36. The minimum Gasteiger partial charge on any atom is -0.0877 e. The molecule has 0 N–H and O–H groups in total. The van der Waals surface area contributed by atoms with Gasteiger partial charge < -0.3 is 0 Å². The van der Waals surface area contributed by atoms with E-state index in [0.717, 1.165) is 0 Å². The third-order valence-corrected chi connectivity index (χ3v) is 1.83. The van der Waals surface area contributed by atoms with Crippen LogP contribution in [0.1, 0.15) is 13.8 Å².